The van der Waals surface area contributed by atoms with E-state index in [2.05, 4.69) is 16.0 Å². The average molecular weight is 285 g/mol. The third-order valence-electron chi connectivity index (χ3n) is 3.86. The van der Waals surface area contributed by atoms with Gasteiger partial charge >= 0.3 is 6.03 Å². The van der Waals surface area contributed by atoms with Gasteiger partial charge in [-0.15, -0.1) is 0 Å². The Kier molecular flexibility index (Phi) is 5.36. The molecule has 0 saturated carbocycles. The number of fused-ring (bicyclic) bond motifs is 1. The molecular formula is C13H23N3O2S. The average Bonchev–Trinajstić information content (AvgIpc) is 2.93. The summed E-state index contributed by atoms with van der Waals surface area (Å²) in [6, 6.07) is 0.644. The zero-order valence-corrected chi connectivity index (χ0v) is 12.2. The van der Waals surface area contributed by atoms with Gasteiger partial charge in [0.05, 0.1) is 12.1 Å². The van der Waals surface area contributed by atoms with Crippen molar-refractivity contribution in [3.63, 3.8) is 0 Å². The van der Waals surface area contributed by atoms with Crippen molar-refractivity contribution >= 4 is 23.7 Å². The Morgan fingerprint density at radius 2 is 2.11 bits per heavy atom. The van der Waals surface area contributed by atoms with E-state index in [0.29, 0.717) is 23.8 Å². The SMILES string of the molecule is CNC(=O)CCCCCC[C@@H]1SC[C@@H]2NC(=O)N[C@@H]21. The molecule has 3 N–H and O–H groups in total. The Morgan fingerprint density at radius 3 is 2.89 bits per heavy atom. The van der Waals surface area contributed by atoms with Gasteiger partial charge in [0.2, 0.25) is 5.91 Å². The van der Waals surface area contributed by atoms with Gasteiger partial charge < -0.3 is 16.0 Å². The third-order valence-corrected chi connectivity index (χ3v) is 5.37. The van der Waals surface area contributed by atoms with Crippen LogP contribution >= 0.6 is 11.8 Å². The Hall–Kier alpha value is -0.910. The highest BCUT2D eigenvalue weighted by atomic mass is 32.2. The quantitative estimate of drug-likeness (QED) is 0.487. The van der Waals surface area contributed by atoms with Crippen LogP contribution in [0.1, 0.15) is 38.5 Å². The molecule has 2 rings (SSSR count). The molecule has 0 aromatic rings. The van der Waals surface area contributed by atoms with Gasteiger partial charge in [0.1, 0.15) is 0 Å². The maximum atomic E-state index is 11.2. The van der Waals surface area contributed by atoms with E-state index in [0.717, 1.165) is 25.0 Å². The van der Waals surface area contributed by atoms with E-state index in [1.165, 1.54) is 12.8 Å². The highest BCUT2D eigenvalue weighted by molar-refractivity contribution is 8.00. The molecule has 0 spiro atoms. The van der Waals surface area contributed by atoms with Crippen molar-refractivity contribution in [1.29, 1.82) is 0 Å². The van der Waals surface area contributed by atoms with Gasteiger partial charge in [0.15, 0.2) is 0 Å². The first-order valence-corrected chi connectivity index (χ1v) is 8.15. The fraction of sp³-hybridized carbons (Fsp3) is 0.846. The molecule has 0 bridgehead atoms. The van der Waals surface area contributed by atoms with Crippen molar-refractivity contribution in [3.8, 4) is 0 Å². The summed E-state index contributed by atoms with van der Waals surface area (Å²) < 4.78 is 0. The van der Waals surface area contributed by atoms with E-state index < -0.39 is 0 Å². The molecule has 2 saturated heterocycles. The first-order chi connectivity index (χ1) is 9.20. The monoisotopic (exact) mass is 285 g/mol. The number of amides is 3. The van der Waals surface area contributed by atoms with E-state index in [1.54, 1.807) is 7.05 Å². The molecule has 108 valence electrons. The molecule has 0 unspecified atom stereocenters. The molecule has 2 aliphatic heterocycles. The fourth-order valence-corrected chi connectivity index (χ4v) is 4.30. The van der Waals surface area contributed by atoms with Crippen molar-refractivity contribution in [2.75, 3.05) is 12.8 Å². The summed E-state index contributed by atoms with van der Waals surface area (Å²) in [5.41, 5.74) is 0. The Balaban J connectivity index is 1.54. The number of unbranched alkanes of at least 4 members (excludes halogenated alkanes) is 3. The van der Waals surface area contributed by atoms with Crippen molar-refractivity contribution in [2.24, 2.45) is 0 Å². The van der Waals surface area contributed by atoms with Crippen LogP contribution in [0.2, 0.25) is 0 Å². The summed E-state index contributed by atoms with van der Waals surface area (Å²) in [5.74, 6) is 1.17. The summed E-state index contributed by atoms with van der Waals surface area (Å²) in [5, 5.41) is 9.18. The molecule has 2 aliphatic rings. The van der Waals surface area contributed by atoms with Gasteiger partial charge in [-0.05, 0) is 12.8 Å². The maximum absolute atomic E-state index is 11.2. The molecule has 3 amide bonds. The molecule has 0 aliphatic carbocycles. The fourth-order valence-electron chi connectivity index (χ4n) is 2.75. The largest absolute Gasteiger partial charge is 0.359 e. The second-order valence-corrected chi connectivity index (χ2v) is 6.52. The number of urea groups is 1. The zero-order valence-electron chi connectivity index (χ0n) is 11.4. The topological polar surface area (TPSA) is 70.2 Å². The van der Waals surface area contributed by atoms with Crippen molar-refractivity contribution < 1.29 is 9.59 Å². The molecule has 5 nitrogen and oxygen atoms in total. The van der Waals surface area contributed by atoms with E-state index in [1.807, 2.05) is 11.8 Å². The molecule has 2 fully saturated rings. The highest BCUT2D eigenvalue weighted by Crippen LogP contribution is 2.33. The van der Waals surface area contributed by atoms with Gasteiger partial charge in [0, 0.05) is 24.5 Å². The van der Waals surface area contributed by atoms with Crippen LogP contribution in [-0.4, -0.2) is 42.1 Å². The Morgan fingerprint density at radius 1 is 1.32 bits per heavy atom. The lowest BCUT2D eigenvalue weighted by Crippen LogP contribution is -2.36. The lowest BCUT2D eigenvalue weighted by Gasteiger charge is -2.16. The van der Waals surface area contributed by atoms with Crippen LogP contribution in [0.3, 0.4) is 0 Å². The number of rotatable bonds is 7. The standard InChI is InChI=1S/C13H23N3O2S/c1-14-11(17)7-5-3-2-4-6-10-12-9(8-19-10)15-13(18)16-12/h9-10,12H,2-8H2,1H3,(H,14,17)(H2,15,16,18)/t9-,10-,12-/m0/s1. The van der Waals surface area contributed by atoms with Gasteiger partial charge in [-0.2, -0.15) is 11.8 Å². The lowest BCUT2D eigenvalue weighted by atomic mass is 10.0. The second kappa shape index (κ2) is 7.03. The normalized spacial score (nSPS) is 28.7. The minimum absolute atomic E-state index is 0.00845. The van der Waals surface area contributed by atoms with Gasteiger partial charge in [0.25, 0.3) is 0 Å². The van der Waals surface area contributed by atoms with Crippen LogP contribution in [0, 0.1) is 0 Å². The summed E-state index contributed by atoms with van der Waals surface area (Å²) in [7, 11) is 1.68. The molecular weight excluding hydrogens is 262 g/mol. The van der Waals surface area contributed by atoms with Gasteiger partial charge in [-0.25, -0.2) is 4.79 Å². The molecule has 0 aromatic heterocycles. The Labute approximate surface area is 118 Å². The summed E-state index contributed by atoms with van der Waals surface area (Å²) in [4.78, 5) is 22.3. The number of nitrogens with one attached hydrogen (secondary N) is 3. The van der Waals surface area contributed by atoms with Crippen LogP contribution in [0.25, 0.3) is 0 Å². The minimum Gasteiger partial charge on any atom is -0.359 e. The first kappa shape index (κ1) is 14.5. The molecule has 2 heterocycles. The highest BCUT2D eigenvalue weighted by Gasteiger charge is 2.42. The van der Waals surface area contributed by atoms with E-state index in [-0.39, 0.29) is 11.9 Å². The second-order valence-electron chi connectivity index (χ2n) is 5.25. The van der Waals surface area contributed by atoms with Crippen LogP contribution < -0.4 is 16.0 Å². The van der Waals surface area contributed by atoms with Crippen molar-refractivity contribution in [3.05, 3.63) is 0 Å². The van der Waals surface area contributed by atoms with Crippen LogP contribution in [0.5, 0.6) is 0 Å². The first-order valence-electron chi connectivity index (χ1n) is 7.10. The smallest absolute Gasteiger partial charge is 0.315 e. The molecule has 0 radical (unpaired) electrons. The molecule has 0 aromatic carbocycles. The number of hydrogen-bond acceptors (Lipinski definition) is 3. The van der Waals surface area contributed by atoms with E-state index >= 15 is 0 Å². The summed E-state index contributed by atoms with van der Waals surface area (Å²) >= 11 is 1.97. The van der Waals surface area contributed by atoms with E-state index in [4.69, 9.17) is 0 Å². The van der Waals surface area contributed by atoms with Gasteiger partial charge in [-0.3, -0.25) is 4.79 Å². The molecule has 6 heteroatoms. The summed E-state index contributed by atoms with van der Waals surface area (Å²) in [6.07, 6.45) is 6.25. The summed E-state index contributed by atoms with van der Waals surface area (Å²) in [6.45, 7) is 0. The minimum atomic E-state index is -0.00845. The lowest BCUT2D eigenvalue weighted by molar-refractivity contribution is -0.120. The molecule has 3 atom stereocenters. The number of carbonyl (C=O) groups excluding carboxylic acids is 2. The third kappa shape index (κ3) is 4.03. The number of hydrogen-bond donors (Lipinski definition) is 3. The number of thioether (sulfide) groups is 1. The van der Waals surface area contributed by atoms with Crippen LogP contribution in [-0.2, 0) is 4.79 Å². The zero-order chi connectivity index (χ0) is 13.7. The molecule has 19 heavy (non-hydrogen) atoms. The predicted molar refractivity (Wildman–Crippen MR) is 77.3 cm³/mol. The van der Waals surface area contributed by atoms with E-state index in [9.17, 15) is 9.59 Å². The van der Waals surface area contributed by atoms with Crippen molar-refractivity contribution in [1.82, 2.24) is 16.0 Å². The van der Waals surface area contributed by atoms with Gasteiger partial charge in [-0.1, -0.05) is 19.3 Å². The predicted octanol–water partition coefficient (Wildman–Crippen LogP) is 1.24. The Bertz CT molecular complexity index is 338. The van der Waals surface area contributed by atoms with Crippen molar-refractivity contribution in [2.45, 2.75) is 55.9 Å². The maximum Gasteiger partial charge on any atom is 0.315 e. The van der Waals surface area contributed by atoms with Crippen LogP contribution in [0.4, 0.5) is 4.79 Å². The number of carbonyl (C=O) groups is 2. The van der Waals surface area contributed by atoms with Crippen LogP contribution in [0.15, 0.2) is 0 Å².